The zero-order valence-electron chi connectivity index (χ0n) is 20.4. The molecule has 0 atom stereocenters. The van der Waals surface area contributed by atoms with Gasteiger partial charge in [-0.2, -0.15) is 4.31 Å². The molecule has 2 heterocycles. The van der Waals surface area contributed by atoms with Crippen molar-refractivity contribution in [3.8, 4) is 23.0 Å². The van der Waals surface area contributed by atoms with Crippen molar-refractivity contribution in [1.82, 2.24) is 9.29 Å². The number of aromatic amines is 1. The molecule has 0 saturated heterocycles. The Balaban J connectivity index is 1.54. The Morgan fingerprint density at radius 2 is 1.54 bits per heavy atom. The quantitative estimate of drug-likeness (QED) is 0.376. The number of sulfonamides is 1. The van der Waals surface area contributed by atoms with Crippen molar-refractivity contribution in [2.45, 2.75) is 18.0 Å². The molecule has 192 valence electrons. The van der Waals surface area contributed by atoms with E-state index in [1.165, 1.54) is 16.4 Å². The topological polar surface area (TPSA) is 107 Å². The van der Waals surface area contributed by atoms with E-state index in [1.54, 1.807) is 62.8 Å². The summed E-state index contributed by atoms with van der Waals surface area (Å²) in [6, 6.07) is 18.7. The summed E-state index contributed by atoms with van der Waals surface area (Å²) in [6.45, 7) is 0.642. The minimum atomic E-state index is -4.03. The number of fused-ring (bicyclic) bond motifs is 2. The molecule has 0 fully saturated rings. The first kappa shape index (κ1) is 24.7. The van der Waals surface area contributed by atoms with Gasteiger partial charge in [-0.05, 0) is 53.4 Å². The summed E-state index contributed by atoms with van der Waals surface area (Å²) in [5.41, 5.74) is 1.28. The standard InChI is InChI=1S/C27H26N2O7S/c1-33-21-6-3-18(4-7-21)16-29(37(31,32)23-9-10-25-26(15-23)36-12-11-35-25)17-20-13-19-5-8-22(34-2)14-24(19)28-27(20)30/h3-10,13-15H,11-12,16-17H2,1-2H3,(H,28,30). The van der Waals surface area contributed by atoms with Gasteiger partial charge in [0, 0.05) is 30.8 Å². The molecular weight excluding hydrogens is 496 g/mol. The van der Waals surface area contributed by atoms with E-state index < -0.39 is 10.0 Å². The van der Waals surface area contributed by atoms with Crippen molar-refractivity contribution in [2.75, 3.05) is 27.4 Å². The first-order chi connectivity index (χ1) is 17.9. The smallest absolute Gasteiger partial charge is 0.252 e. The predicted octanol–water partition coefficient (Wildman–Crippen LogP) is 3.71. The van der Waals surface area contributed by atoms with E-state index in [-0.39, 0.29) is 23.5 Å². The van der Waals surface area contributed by atoms with Gasteiger partial charge < -0.3 is 23.9 Å². The first-order valence-corrected chi connectivity index (χ1v) is 13.0. The third-order valence-electron chi connectivity index (χ3n) is 6.15. The molecule has 4 aromatic rings. The highest BCUT2D eigenvalue weighted by Gasteiger charge is 2.28. The van der Waals surface area contributed by atoms with E-state index in [0.29, 0.717) is 47.3 Å². The number of nitrogens with one attached hydrogen (secondary N) is 1. The van der Waals surface area contributed by atoms with Gasteiger partial charge >= 0.3 is 0 Å². The summed E-state index contributed by atoms with van der Waals surface area (Å²) in [5.74, 6) is 2.13. The molecule has 0 aliphatic carbocycles. The molecule has 0 saturated carbocycles. The molecule has 0 amide bonds. The van der Waals surface area contributed by atoms with Crippen LogP contribution in [-0.4, -0.2) is 45.1 Å². The molecule has 1 N–H and O–H groups in total. The second-order valence-electron chi connectivity index (χ2n) is 8.50. The molecule has 1 aromatic heterocycles. The lowest BCUT2D eigenvalue weighted by molar-refractivity contribution is 0.171. The largest absolute Gasteiger partial charge is 0.497 e. The molecule has 10 heteroatoms. The molecule has 37 heavy (non-hydrogen) atoms. The fourth-order valence-corrected chi connectivity index (χ4v) is 5.58. The maximum Gasteiger partial charge on any atom is 0.252 e. The van der Waals surface area contributed by atoms with Gasteiger partial charge in [0.25, 0.3) is 5.56 Å². The zero-order chi connectivity index (χ0) is 26.0. The number of H-pyrrole nitrogens is 1. The molecule has 0 unspecified atom stereocenters. The average molecular weight is 523 g/mol. The maximum absolute atomic E-state index is 13.9. The van der Waals surface area contributed by atoms with Crippen LogP contribution in [0.4, 0.5) is 0 Å². The molecule has 1 aliphatic heterocycles. The predicted molar refractivity (Wildman–Crippen MR) is 138 cm³/mol. The summed E-state index contributed by atoms with van der Waals surface area (Å²) in [4.78, 5) is 15.9. The highest BCUT2D eigenvalue weighted by atomic mass is 32.2. The fraction of sp³-hybridized carbons (Fsp3) is 0.222. The summed E-state index contributed by atoms with van der Waals surface area (Å²) in [7, 11) is -0.920. The molecule has 5 rings (SSSR count). The average Bonchev–Trinajstić information content (AvgIpc) is 2.92. The van der Waals surface area contributed by atoms with Crippen LogP contribution in [0.2, 0.25) is 0 Å². The van der Waals surface area contributed by atoms with Crippen LogP contribution in [0.5, 0.6) is 23.0 Å². The number of aromatic nitrogens is 1. The summed E-state index contributed by atoms with van der Waals surface area (Å²) < 4.78 is 50.6. The van der Waals surface area contributed by atoms with Gasteiger partial charge in [0.1, 0.15) is 24.7 Å². The first-order valence-electron chi connectivity index (χ1n) is 11.6. The SMILES string of the molecule is COc1ccc(CN(Cc2cc3ccc(OC)cc3[nH]c2=O)S(=O)(=O)c2ccc3c(c2)OCCO3)cc1. The van der Waals surface area contributed by atoms with Crippen molar-refractivity contribution in [1.29, 1.82) is 0 Å². The minimum Gasteiger partial charge on any atom is -0.497 e. The Labute approximate surface area is 214 Å². The van der Waals surface area contributed by atoms with Crippen LogP contribution in [0, 0.1) is 0 Å². The Kier molecular flexibility index (Phi) is 6.77. The van der Waals surface area contributed by atoms with E-state index in [1.807, 2.05) is 6.07 Å². The molecule has 0 radical (unpaired) electrons. The summed E-state index contributed by atoms with van der Waals surface area (Å²) >= 11 is 0. The van der Waals surface area contributed by atoms with Gasteiger partial charge in [-0.3, -0.25) is 4.79 Å². The van der Waals surface area contributed by atoms with Crippen LogP contribution in [0.25, 0.3) is 10.9 Å². The normalized spacial score (nSPS) is 13.1. The van der Waals surface area contributed by atoms with Gasteiger partial charge in [-0.1, -0.05) is 12.1 Å². The number of nitrogens with zero attached hydrogens (tertiary/aromatic N) is 1. The third-order valence-corrected chi connectivity index (χ3v) is 7.93. The van der Waals surface area contributed by atoms with Crippen LogP contribution < -0.4 is 24.5 Å². The lowest BCUT2D eigenvalue weighted by Crippen LogP contribution is -2.32. The molecule has 0 spiro atoms. The fourth-order valence-electron chi connectivity index (χ4n) is 4.15. The Hall–Kier alpha value is -4.02. The Morgan fingerprint density at radius 3 is 2.27 bits per heavy atom. The lowest BCUT2D eigenvalue weighted by Gasteiger charge is -2.24. The molecule has 0 bridgehead atoms. The number of pyridine rings is 1. The van der Waals surface area contributed by atoms with Gasteiger partial charge in [-0.25, -0.2) is 8.42 Å². The van der Waals surface area contributed by atoms with Crippen LogP contribution in [0.3, 0.4) is 0 Å². The number of rotatable bonds is 8. The van der Waals surface area contributed by atoms with Gasteiger partial charge in [0.15, 0.2) is 11.5 Å². The highest BCUT2D eigenvalue weighted by molar-refractivity contribution is 7.89. The number of benzene rings is 3. The van der Waals surface area contributed by atoms with E-state index in [0.717, 1.165) is 10.9 Å². The lowest BCUT2D eigenvalue weighted by atomic mass is 10.1. The van der Waals surface area contributed by atoms with Crippen LogP contribution >= 0.6 is 0 Å². The molecule has 1 aliphatic rings. The van der Waals surface area contributed by atoms with E-state index in [2.05, 4.69) is 4.98 Å². The number of ether oxygens (including phenoxy) is 4. The second kappa shape index (κ2) is 10.2. The number of hydrogen-bond donors (Lipinski definition) is 1. The van der Waals surface area contributed by atoms with Gasteiger partial charge in [0.2, 0.25) is 10.0 Å². The van der Waals surface area contributed by atoms with Crippen LogP contribution in [0.1, 0.15) is 11.1 Å². The minimum absolute atomic E-state index is 0.0425. The Bertz CT molecular complexity index is 1600. The van der Waals surface area contributed by atoms with Crippen molar-refractivity contribution in [3.05, 3.63) is 88.2 Å². The molecular formula is C27H26N2O7S. The van der Waals surface area contributed by atoms with Gasteiger partial charge in [-0.15, -0.1) is 0 Å². The summed E-state index contributed by atoms with van der Waals surface area (Å²) in [6.07, 6.45) is 0. The number of hydrogen-bond acceptors (Lipinski definition) is 7. The Morgan fingerprint density at radius 1 is 0.838 bits per heavy atom. The van der Waals surface area contributed by atoms with E-state index in [4.69, 9.17) is 18.9 Å². The summed E-state index contributed by atoms with van der Waals surface area (Å²) in [5, 5.41) is 0.761. The van der Waals surface area contributed by atoms with Crippen molar-refractivity contribution >= 4 is 20.9 Å². The van der Waals surface area contributed by atoms with E-state index >= 15 is 0 Å². The van der Waals surface area contributed by atoms with E-state index in [9.17, 15) is 13.2 Å². The second-order valence-corrected chi connectivity index (χ2v) is 10.4. The van der Waals surface area contributed by atoms with Crippen LogP contribution in [0.15, 0.2) is 76.4 Å². The highest BCUT2D eigenvalue weighted by Crippen LogP contribution is 2.34. The molecule has 3 aromatic carbocycles. The van der Waals surface area contributed by atoms with Crippen LogP contribution in [-0.2, 0) is 23.1 Å². The third kappa shape index (κ3) is 5.11. The maximum atomic E-state index is 13.9. The van der Waals surface area contributed by atoms with Gasteiger partial charge in [0.05, 0.1) is 24.6 Å². The number of methoxy groups -OCH3 is 2. The van der Waals surface area contributed by atoms with Crippen molar-refractivity contribution < 1.29 is 27.4 Å². The molecule has 9 nitrogen and oxygen atoms in total. The van der Waals surface area contributed by atoms with Crippen molar-refractivity contribution in [2.24, 2.45) is 0 Å². The van der Waals surface area contributed by atoms with Crippen molar-refractivity contribution in [3.63, 3.8) is 0 Å². The zero-order valence-corrected chi connectivity index (χ0v) is 21.2. The monoisotopic (exact) mass is 522 g/mol.